The van der Waals surface area contributed by atoms with Crippen molar-refractivity contribution in [3.8, 4) is 0 Å². The largest absolute Gasteiger partial charge is 0.360 e. The zero-order chi connectivity index (χ0) is 11.4. The lowest BCUT2D eigenvalue weighted by atomic mass is 10.4. The second-order valence-electron chi connectivity index (χ2n) is 3.95. The van der Waals surface area contributed by atoms with Gasteiger partial charge in [0.15, 0.2) is 0 Å². The molecule has 0 saturated carbocycles. The Morgan fingerprint density at radius 2 is 2.38 bits per heavy atom. The predicted molar refractivity (Wildman–Crippen MR) is 71.3 cm³/mol. The number of hydrogen-bond donors (Lipinski definition) is 1. The minimum atomic E-state index is 0.745. The average molecular weight is 258 g/mol. The van der Waals surface area contributed by atoms with Gasteiger partial charge in [0.1, 0.15) is 5.01 Å². The summed E-state index contributed by atoms with van der Waals surface area (Å²) in [5.41, 5.74) is 0. The molecule has 0 spiro atoms. The summed E-state index contributed by atoms with van der Waals surface area (Å²) in [5.74, 6) is 1.24. The first-order chi connectivity index (χ1) is 7.78. The lowest BCUT2D eigenvalue weighted by Gasteiger charge is -2.29. The third kappa shape index (κ3) is 3.33. The first-order valence-electron chi connectivity index (χ1n) is 5.68. The summed E-state index contributed by atoms with van der Waals surface area (Å²) in [4.78, 5) is 2.47. The molecule has 1 aromatic heterocycles. The van der Waals surface area contributed by atoms with Crippen molar-refractivity contribution in [3.05, 3.63) is 5.01 Å². The van der Waals surface area contributed by atoms with E-state index in [2.05, 4.69) is 46.0 Å². The summed E-state index contributed by atoms with van der Waals surface area (Å²) in [5, 5.41) is 14.3. The first kappa shape index (κ1) is 12.1. The fourth-order valence-electron chi connectivity index (χ4n) is 1.77. The van der Waals surface area contributed by atoms with E-state index in [0.717, 1.165) is 28.5 Å². The van der Waals surface area contributed by atoms with Crippen LogP contribution in [0.15, 0.2) is 0 Å². The smallest absolute Gasteiger partial charge is 0.205 e. The fraction of sp³-hybridized carbons (Fsp3) is 0.800. The Hall–Kier alpha value is -0.330. The highest BCUT2D eigenvalue weighted by Gasteiger charge is 2.18. The van der Waals surface area contributed by atoms with E-state index in [-0.39, 0.29) is 0 Å². The van der Waals surface area contributed by atoms with Gasteiger partial charge in [-0.25, -0.2) is 0 Å². The van der Waals surface area contributed by atoms with E-state index in [1.165, 1.54) is 18.8 Å². The highest BCUT2D eigenvalue weighted by atomic mass is 32.2. The van der Waals surface area contributed by atoms with Crippen molar-refractivity contribution in [1.29, 1.82) is 0 Å². The second kappa shape index (κ2) is 5.84. The molecule has 2 heterocycles. The van der Waals surface area contributed by atoms with Crippen molar-refractivity contribution < 1.29 is 0 Å². The van der Waals surface area contributed by atoms with Crippen LogP contribution in [0, 0.1) is 0 Å². The molecule has 1 fully saturated rings. The summed E-state index contributed by atoms with van der Waals surface area (Å²) in [6, 6.07) is 0. The lowest BCUT2D eigenvalue weighted by molar-refractivity contribution is 0.277. The maximum atomic E-state index is 4.21. The molecule has 1 unspecified atom stereocenters. The zero-order valence-electron chi connectivity index (χ0n) is 9.77. The quantitative estimate of drug-likeness (QED) is 0.893. The minimum Gasteiger partial charge on any atom is -0.360 e. The van der Waals surface area contributed by atoms with Crippen LogP contribution in [0.3, 0.4) is 0 Å². The molecule has 1 saturated heterocycles. The van der Waals surface area contributed by atoms with E-state index in [9.17, 15) is 0 Å². The second-order valence-corrected chi connectivity index (χ2v) is 6.56. The Labute approximate surface area is 105 Å². The Kier molecular flexibility index (Phi) is 4.43. The van der Waals surface area contributed by atoms with E-state index < -0.39 is 0 Å². The van der Waals surface area contributed by atoms with Crippen molar-refractivity contribution in [3.63, 3.8) is 0 Å². The van der Waals surface area contributed by atoms with Crippen molar-refractivity contribution in [2.45, 2.75) is 25.6 Å². The van der Waals surface area contributed by atoms with E-state index in [1.807, 2.05) is 0 Å². The number of thioether (sulfide) groups is 1. The number of anilines is 1. The van der Waals surface area contributed by atoms with E-state index in [0.29, 0.717) is 0 Å². The summed E-state index contributed by atoms with van der Waals surface area (Å²) < 4.78 is 0. The molecular weight excluding hydrogens is 240 g/mol. The number of nitrogens with one attached hydrogen (secondary N) is 1. The van der Waals surface area contributed by atoms with Crippen LogP contribution < -0.4 is 5.32 Å². The van der Waals surface area contributed by atoms with Crippen LogP contribution in [0.4, 0.5) is 5.13 Å². The van der Waals surface area contributed by atoms with Gasteiger partial charge in [0.25, 0.3) is 0 Å². The zero-order valence-corrected chi connectivity index (χ0v) is 11.4. The molecule has 0 amide bonds. The molecule has 16 heavy (non-hydrogen) atoms. The van der Waals surface area contributed by atoms with Crippen LogP contribution in [0.25, 0.3) is 0 Å². The minimum absolute atomic E-state index is 0.745. The summed E-state index contributed by atoms with van der Waals surface area (Å²) in [7, 11) is 0. The van der Waals surface area contributed by atoms with Crippen LogP contribution in [-0.2, 0) is 6.54 Å². The molecule has 0 bridgehead atoms. The standard InChI is InChI=1S/C10H18N4S2/c1-3-11-10-13-12-9(16-10)7-14-4-5-15-8(2)6-14/h8H,3-7H2,1-2H3,(H,11,13). The van der Waals surface area contributed by atoms with Crippen LogP contribution in [-0.4, -0.2) is 45.7 Å². The number of hydrogen-bond acceptors (Lipinski definition) is 6. The van der Waals surface area contributed by atoms with Gasteiger partial charge in [-0.1, -0.05) is 18.3 Å². The molecule has 0 radical (unpaired) electrons. The Balaban J connectivity index is 1.87. The maximum Gasteiger partial charge on any atom is 0.205 e. The average Bonchev–Trinajstić information content (AvgIpc) is 2.66. The van der Waals surface area contributed by atoms with Crippen molar-refractivity contribution >= 4 is 28.2 Å². The Morgan fingerprint density at radius 1 is 1.50 bits per heavy atom. The normalized spacial score (nSPS) is 22.2. The predicted octanol–water partition coefficient (Wildman–Crippen LogP) is 1.91. The molecule has 1 N–H and O–H groups in total. The van der Waals surface area contributed by atoms with E-state index in [1.54, 1.807) is 11.3 Å². The molecule has 90 valence electrons. The molecule has 2 rings (SSSR count). The van der Waals surface area contributed by atoms with Crippen molar-refractivity contribution in [2.75, 3.05) is 30.7 Å². The van der Waals surface area contributed by atoms with Crippen LogP contribution >= 0.6 is 23.1 Å². The van der Waals surface area contributed by atoms with Crippen LogP contribution in [0.1, 0.15) is 18.9 Å². The number of rotatable bonds is 4. The van der Waals surface area contributed by atoms with E-state index >= 15 is 0 Å². The van der Waals surface area contributed by atoms with Crippen molar-refractivity contribution in [2.24, 2.45) is 0 Å². The molecule has 1 aromatic rings. The SMILES string of the molecule is CCNc1nnc(CN2CCSC(C)C2)s1. The fourth-order valence-corrected chi connectivity index (χ4v) is 3.70. The van der Waals surface area contributed by atoms with Crippen LogP contribution in [0.5, 0.6) is 0 Å². The van der Waals surface area contributed by atoms with Gasteiger partial charge >= 0.3 is 0 Å². The van der Waals surface area contributed by atoms with Crippen molar-refractivity contribution in [1.82, 2.24) is 15.1 Å². The van der Waals surface area contributed by atoms with Gasteiger partial charge in [-0.3, -0.25) is 4.90 Å². The maximum absolute atomic E-state index is 4.21. The molecular formula is C10H18N4S2. The highest BCUT2D eigenvalue weighted by Crippen LogP contribution is 2.21. The highest BCUT2D eigenvalue weighted by molar-refractivity contribution is 7.99. The van der Waals surface area contributed by atoms with Gasteiger partial charge < -0.3 is 5.32 Å². The third-order valence-electron chi connectivity index (χ3n) is 2.48. The van der Waals surface area contributed by atoms with Gasteiger partial charge in [0, 0.05) is 30.6 Å². The molecule has 1 atom stereocenters. The summed E-state index contributed by atoms with van der Waals surface area (Å²) in [6.07, 6.45) is 0. The lowest BCUT2D eigenvalue weighted by Crippen LogP contribution is -2.35. The van der Waals surface area contributed by atoms with Gasteiger partial charge in [0.2, 0.25) is 5.13 Å². The van der Waals surface area contributed by atoms with Gasteiger partial charge in [-0.2, -0.15) is 11.8 Å². The van der Waals surface area contributed by atoms with Gasteiger partial charge in [-0.05, 0) is 6.92 Å². The monoisotopic (exact) mass is 258 g/mol. The first-order valence-corrected chi connectivity index (χ1v) is 7.54. The molecule has 1 aliphatic heterocycles. The van der Waals surface area contributed by atoms with Crippen LogP contribution in [0.2, 0.25) is 0 Å². The molecule has 4 nitrogen and oxygen atoms in total. The molecule has 1 aliphatic rings. The Bertz CT molecular complexity index is 328. The van der Waals surface area contributed by atoms with Gasteiger partial charge in [0.05, 0.1) is 6.54 Å². The Morgan fingerprint density at radius 3 is 3.12 bits per heavy atom. The summed E-state index contributed by atoms with van der Waals surface area (Å²) in [6.45, 7) is 8.57. The molecule has 0 aliphatic carbocycles. The summed E-state index contributed by atoms with van der Waals surface area (Å²) >= 11 is 3.73. The topological polar surface area (TPSA) is 41.1 Å². The third-order valence-corrected chi connectivity index (χ3v) is 4.48. The molecule has 6 heteroatoms. The number of aromatic nitrogens is 2. The van der Waals surface area contributed by atoms with Gasteiger partial charge in [-0.15, -0.1) is 10.2 Å². The number of nitrogens with zero attached hydrogens (tertiary/aromatic N) is 3. The van der Waals surface area contributed by atoms with E-state index in [4.69, 9.17) is 0 Å². The molecule has 0 aromatic carbocycles.